The zero-order valence-electron chi connectivity index (χ0n) is 8.91. The molecule has 0 fully saturated rings. The van der Waals surface area contributed by atoms with E-state index in [4.69, 9.17) is 22.1 Å². The van der Waals surface area contributed by atoms with Gasteiger partial charge in [0.25, 0.3) is 0 Å². The van der Waals surface area contributed by atoms with Gasteiger partial charge in [-0.05, 0) is 25.8 Å². The first-order chi connectivity index (χ1) is 7.74. The molecule has 0 saturated heterocycles. The second-order valence-electron chi connectivity index (χ2n) is 3.71. The third-order valence-electron chi connectivity index (χ3n) is 2.59. The van der Waals surface area contributed by atoms with Crippen LogP contribution in [0.5, 0.6) is 5.88 Å². The molecule has 0 spiro atoms. The Bertz CT molecular complexity index is 444. The lowest BCUT2D eigenvalue weighted by atomic mass is 10.2. The maximum absolute atomic E-state index is 11.7. The van der Waals surface area contributed by atoms with Crippen LogP contribution < -0.4 is 16.2 Å². The number of hydrogen-bond acceptors (Lipinski definition) is 4. The molecule has 5 nitrogen and oxygen atoms in total. The zero-order chi connectivity index (χ0) is 11.5. The Morgan fingerprint density at radius 2 is 2.31 bits per heavy atom. The van der Waals surface area contributed by atoms with Crippen molar-refractivity contribution in [1.82, 2.24) is 9.55 Å². The van der Waals surface area contributed by atoms with Gasteiger partial charge >= 0.3 is 5.69 Å². The van der Waals surface area contributed by atoms with Crippen LogP contribution in [0.4, 0.5) is 0 Å². The summed E-state index contributed by atoms with van der Waals surface area (Å²) in [5.74, 6) is 0.549. The van der Waals surface area contributed by atoms with Gasteiger partial charge in [-0.25, -0.2) is 4.79 Å². The summed E-state index contributed by atoms with van der Waals surface area (Å²) in [5, 5.41) is 0.212. The molecule has 0 unspecified atom stereocenters. The number of aromatic nitrogens is 2. The summed E-state index contributed by atoms with van der Waals surface area (Å²) in [4.78, 5) is 15.4. The van der Waals surface area contributed by atoms with Crippen LogP contribution in [0.2, 0.25) is 5.15 Å². The summed E-state index contributed by atoms with van der Waals surface area (Å²) in [6, 6.07) is 0. The molecule has 16 heavy (non-hydrogen) atoms. The van der Waals surface area contributed by atoms with Gasteiger partial charge < -0.3 is 10.5 Å². The topological polar surface area (TPSA) is 70.1 Å². The number of nitrogens with two attached hydrogens (primary N) is 1. The van der Waals surface area contributed by atoms with Gasteiger partial charge in [0.2, 0.25) is 5.88 Å². The van der Waals surface area contributed by atoms with E-state index in [1.807, 2.05) is 0 Å². The Morgan fingerprint density at radius 1 is 1.50 bits per heavy atom. The van der Waals surface area contributed by atoms with E-state index in [9.17, 15) is 4.79 Å². The second kappa shape index (κ2) is 4.84. The lowest BCUT2D eigenvalue weighted by Crippen LogP contribution is -2.26. The van der Waals surface area contributed by atoms with Crippen LogP contribution in [0.3, 0.4) is 0 Å². The number of nitrogens with zero attached hydrogens (tertiary/aromatic N) is 2. The minimum Gasteiger partial charge on any atom is -0.478 e. The predicted octanol–water partition coefficient (Wildman–Crippen LogP) is 0.570. The van der Waals surface area contributed by atoms with E-state index < -0.39 is 0 Å². The maximum Gasteiger partial charge on any atom is 0.351 e. The van der Waals surface area contributed by atoms with E-state index in [1.54, 1.807) is 4.57 Å². The van der Waals surface area contributed by atoms with E-state index in [0.717, 1.165) is 18.4 Å². The van der Waals surface area contributed by atoms with E-state index in [2.05, 4.69) is 4.98 Å². The van der Waals surface area contributed by atoms with Gasteiger partial charge in [-0.15, -0.1) is 0 Å². The highest BCUT2D eigenvalue weighted by Crippen LogP contribution is 2.25. The van der Waals surface area contributed by atoms with E-state index >= 15 is 0 Å². The molecule has 1 aromatic rings. The highest BCUT2D eigenvalue weighted by atomic mass is 35.5. The van der Waals surface area contributed by atoms with Gasteiger partial charge in [0.15, 0.2) is 0 Å². The summed E-state index contributed by atoms with van der Waals surface area (Å²) in [5.41, 5.74) is 5.91. The Kier molecular flexibility index (Phi) is 3.46. The molecule has 88 valence electrons. The average molecular weight is 244 g/mol. The predicted molar refractivity (Wildman–Crippen MR) is 61.0 cm³/mol. The first-order valence-corrected chi connectivity index (χ1v) is 5.74. The molecule has 2 heterocycles. The van der Waals surface area contributed by atoms with Gasteiger partial charge in [0.1, 0.15) is 5.15 Å². The normalized spacial score (nSPS) is 15.1. The second-order valence-corrected chi connectivity index (χ2v) is 4.07. The minimum atomic E-state index is -0.345. The Labute approximate surface area is 98.2 Å². The van der Waals surface area contributed by atoms with Crippen molar-refractivity contribution in [2.75, 3.05) is 13.2 Å². The number of rotatable bonds is 2. The molecular weight excluding hydrogens is 230 g/mol. The molecule has 0 aliphatic carbocycles. The van der Waals surface area contributed by atoms with Crippen molar-refractivity contribution in [2.24, 2.45) is 5.73 Å². The smallest absolute Gasteiger partial charge is 0.351 e. The number of halogens is 1. The molecule has 2 rings (SSSR count). The van der Waals surface area contributed by atoms with Gasteiger partial charge in [-0.2, -0.15) is 4.98 Å². The third-order valence-corrected chi connectivity index (χ3v) is 2.90. The molecule has 1 aromatic heterocycles. The first kappa shape index (κ1) is 11.4. The Morgan fingerprint density at radius 3 is 3.06 bits per heavy atom. The molecule has 0 saturated carbocycles. The highest BCUT2D eigenvalue weighted by molar-refractivity contribution is 6.30. The van der Waals surface area contributed by atoms with Crippen LogP contribution in [0.1, 0.15) is 18.4 Å². The molecular formula is C10H14ClN3O2. The Balaban J connectivity index is 2.56. The molecule has 0 amide bonds. The summed E-state index contributed by atoms with van der Waals surface area (Å²) >= 11 is 5.94. The maximum atomic E-state index is 11.7. The van der Waals surface area contributed by atoms with Crippen molar-refractivity contribution in [3.05, 3.63) is 21.2 Å². The summed E-state index contributed by atoms with van der Waals surface area (Å²) in [6.45, 7) is 1.70. The molecule has 6 heteroatoms. The van der Waals surface area contributed by atoms with Crippen LogP contribution in [0.25, 0.3) is 0 Å². The van der Waals surface area contributed by atoms with E-state index in [1.165, 1.54) is 0 Å². The van der Waals surface area contributed by atoms with Gasteiger partial charge in [-0.3, -0.25) is 4.57 Å². The lowest BCUT2D eigenvalue weighted by Gasteiger charge is -2.14. The van der Waals surface area contributed by atoms with Gasteiger partial charge in [-0.1, -0.05) is 11.6 Å². The van der Waals surface area contributed by atoms with Gasteiger partial charge in [0, 0.05) is 6.54 Å². The largest absolute Gasteiger partial charge is 0.478 e. The fourth-order valence-electron chi connectivity index (χ4n) is 1.81. The van der Waals surface area contributed by atoms with Crippen molar-refractivity contribution in [3.63, 3.8) is 0 Å². The molecule has 1 aliphatic rings. The van der Waals surface area contributed by atoms with Crippen molar-refractivity contribution in [1.29, 1.82) is 0 Å². The van der Waals surface area contributed by atoms with Crippen LogP contribution in [-0.4, -0.2) is 22.7 Å². The monoisotopic (exact) mass is 243 g/mol. The van der Waals surface area contributed by atoms with Crippen LogP contribution in [0, 0.1) is 0 Å². The summed E-state index contributed by atoms with van der Waals surface area (Å²) < 4.78 is 7.12. The van der Waals surface area contributed by atoms with Crippen molar-refractivity contribution in [2.45, 2.75) is 25.8 Å². The molecule has 1 aliphatic heterocycles. The van der Waals surface area contributed by atoms with Crippen molar-refractivity contribution >= 4 is 11.6 Å². The standard InChI is InChI=1S/C10H14ClN3O2/c11-8-7(3-4-12)9-14(10(15)13-8)5-1-2-6-16-9/h1-6,12H2. The average Bonchev–Trinajstić information content (AvgIpc) is 2.49. The van der Waals surface area contributed by atoms with Crippen LogP contribution in [0.15, 0.2) is 4.79 Å². The molecule has 0 radical (unpaired) electrons. The number of fused-ring (bicyclic) bond motifs is 1. The van der Waals surface area contributed by atoms with Crippen molar-refractivity contribution in [3.8, 4) is 5.88 Å². The fraction of sp³-hybridized carbons (Fsp3) is 0.600. The van der Waals surface area contributed by atoms with Gasteiger partial charge in [0.05, 0.1) is 12.2 Å². The highest BCUT2D eigenvalue weighted by Gasteiger charge is 2.18. The lowest BCUT2D eigenvalue weighted by molar-refractivity contribution is 0.298. The Hall–Kier alpha value is -1.07. The molecule has 0 atom stereocenters. The summed E-state index contributed by atoms with van der Waals surface area (Å²) in [7, 11) is 0. The first-order valence-electron chi connectivity index (χ1n) is 5.36. The van der Waals surface area contributed by atoms with E-state index in [-0.39, 0.29) is 10.8 Å². The third kappa shape index (κ3) is 2.05. The molecule has 2 N–H and O–H groups in total. The quantitative estimate of drug-likeness (QED) is 0.771. The van der Waals surface area contributed by atoms with E-state index in [0.29, 0.717) is 32.0 Å². The summed E-state index contributed by atoms with van der Waals surface area (Å²) in [6.07, 6.45) is 2.42. The zero-order valence-corrected chi connectivity index (χ0v) is 9.66. The van der Waals surface area contributed by atoms with Crippen molar-refractivity contribution < 1.29 is 4.74 Å². The van der Waals surface area contributed by atoms with Crippen LogP contribution >= 0.6 is 11.6 Å². The number of hydrogen-bond donors (Lipinski definition) is 1. The SMILES string of the molecule is NCCc1c(Cl)nc(=O)n2c1OCCCC2. The molecule has 0 aromatic carbocycles. The van der Waals surface area contributed by atoms with Crippen LogP contribution in [-0.2, 0) is 13.0 Å². The minimum absolute atomic E-state index is 0.212. The molecule has 0 bridgehead atoms. The number of ether oxygens (including phenoxy) is 1. The fourth-order valence-corrected chi connectivity index (χ4v) is 2.05.